The fourth-order valence-corrected chi connectivity index (χ4v) is 4.44. The van der Waals surface area contributed by atoms with Gasteiger partial charge in [-0.1, -0.05) is 18.2 Å². The molecule has 0 unspecified atom stereocenters. The lowest BCUT2D eigenvalue weighted by Gasteiger charge is -2.19. The minimum atomic E-state index is -1.18. The molecule has 0 aliphatic heterocycles. The summed E-state index contributed by atoms with van der Waals surface area (Å²) in [4.78, 5) is 0. The van der Waals surface area contributed by atoms with Gasteiger partial charge in [-0.3, -0.25) is 0 Å². The molecule has 0 radical (unpaired) electrons. The molecule has 7 heteroatoms. The Kier molecular flexibility index (Phi) is 5.55. The molecule has 0 spiro atoms. The minimum absolute atomic E-state index is 0.0242. The van der Waals surface area contributed by atoms with Crippen LogP contribution in [0.3, 0.4) is 0 Å². The minimum Gasteiger partial charge on any atom is -0.497 e. The Morgan fingerprint density at radius 2 is 1.00 bits per heavy atom. The second kappa shape index (κ2) is 8.58. The first kappa shape index (κ1) is 22.7. The fourth-order valence-electron chi connectivity index (χ4n) is 4.44. The standard InChI is InChI=1S/C28H17F5O2/c1-34-16-6-3-14(4-7-16)26-19-9-15(29)5-8-18(19)27(21-13-23(31)22(30)12-20(21)26)28-24(32)10-17(35-2)11-25(28)33/h3-13H,1-2H3. The van der Waals surface area contributed by atoms with Crippen LogP contribution in [0, 0.1) is 29.1 Å². The Labute approximate surface area is 197 Å². The molecular weight excluding hydrogens is 463 g/mol. The van der Waals surface area contributed by atoms with Gasteiger partial charge in [0.05, 0.1) is 19.8 Å². The summed E-state index contributed by atoms with van der Waals surface area (Å²) >= 11 is 0. The number of methoxy groups -OCH3 is 2. The third-order valence-electron chi connectivity index (χ3n) is 6.00. The van der Waals surface area contributed by atoms with E-state index in [9.17, 15) is 13.2 Å². The lowest BCUT2D eigenvalue weighted by atomic mass is 9.85. The van der Waals surface area contributed by atoms with Gasteiger partial charge in [0.25, 0.3) is 0 Å². The van der Waals surface area contributed by atoms with E-state index in [2.05, 4.69) is 0 Å². The number of hydrogen-bond acceptors (Lipinski definition) is 2. The summed E-state index contributed by atoms with van der Waals surface area (Å²) in [5.74, 6) is -4.35. The molecule has 0 heterocycles. The summed E-state index contributed by atoms with van der Waals surface area (Å²) in [5.41, 5.74) is 0.456. The SMILES string of the molecule is COc1ccc(-c2c3cc(F)ccc3c(-c3c(F)cc(OC)cc3F)c3cc(F)c(F)cc23)cc1. The van der Waals surface area contributed by atoms with E-state index in [1.54, 1.807) is 24.3 Å². The van der Waals surface area contributed by atoms with Gasteiger partial charge in [-0.05, 0) is 69.1 Å². The van der Waals surface area contributed by atoms with Crippen LogP contribution in [-0.4, -0.2) is 14.2 Å². The topological polar surface area (TPSA) is 18.5 Å². The number of halogens is 5. The van der Waals surface area contributed by atoms with Gasteiger partial charge in [-0.2, -0.15) is 0 Å². The van der Waals surface area contributed by atoms with Crippen LogP contribution in [0.25, 0.3) is 43.8 Å². The molecule has 5 rings (SSSR count). The molecule has 176 valence electrons. The first-order valence-corrected chi connectivity index (χ1v) is 10.5. The van der Waals surface area contributed by atoms with E-state index in [1.807, 2.05) is 0 Å². The first-order chi connectivity index (χ1) is 16.8. The molecular formula is C28H17F5O2. The van der Waals surface area contributed by atoms with Gasteiger partial charge in [0.15, 0.2) is 11.6 Å². The molecule has 0 aromatic heterocycles. The fraction of sp³-hybridized carbons (Fsp3) is 0.0714. The highest BCUT2D eigenvalue weighted by Crippen LogP contribution is 2.46. The monoisotopic (exact) mass is 480 g/mol. The molecule has 0 atom stereocenters. The Morgan fingerprint density at radius 1 is 0.457 bits per heavy atom. The number of rotatable bonds is 4. The van der Waals surface area contributed by atoms with E-state index in [0.717, 1.165) is 30.3 Å². The van der Waals surface area contributed by atoms with Crippen LogP contribution in [0.1, 0.15) is 0 Å². The first-order valence-electron chi connectivity index (χ1n) is 10.5. The molecule has 0 fully saturated rings. The van der Waals surface area contributed by atoms with Crippen LogP contribution in [0.5, 0.6) is 11.5 Å². The van der Waals surface area contributed by atoms with Crippen molar-refractivity contribution >= 4 is 21.5 Å². The zero-order valence-electron chi connectivity index (χ0n) is 18.6. The average molecular weight is 480 g/mol. The summed E-state index contributed by atoms with van der Waals surface area (Å²) in [6.45, 7) is 0. The molecule has 2 nitrogen and oxygen atoms in total. The Morgan fingerprint density at radius 3 is 1.57 bits per heavy atom. The van der Waals surface area contributed by atoms with Crippen LogP contribution in [0.15, 0.2) is 66.7 Å². The smallest absolute Gasteiger partial charge is 0.159 e. The van der Waals surface area contributed by atoms with Gasteiger partial charge in [0.1, 0.15) is 29.0 Å². The van der Waals surface area contributed by atoms with Gasteiger partial charge in [-0.25, -0.2) is 22.0 Å². The summed E-state index contributed by atoms with van der Waals surface area (Å²) in [6.07, 6.45) is 0. The maximum Gasteiger partial charge on any atom is 0.159 e. The Bertz CT molecular complexity index is 1590. The van der Waals surface area contributed by atoms with Crippen molar-refractivity contribution in [2.45, 2.75) is 0 Å². The molecule has 0 amide bonds. The molecule has 0 bridgehead atoms. The highest BCUT2D eigenvalue weighted by atomic mass is 19.2. The van der Waals surface area contributed by atoms with Gasteiger partial charge in [-0.15, -0.1) is 0 Å². The summed E-state index contributed by atoms with van der Waals surface area (Å²) in [6, 6.07) is 14.3. The third-order valence-corrected chi connectivity index (χ3v) is 6.00. The number of ether oxygens (including phenoxy) is 2. The second-order valence-electron chi connectivity index (χ2n) is 7.95. The summed E-state index contributed by atoms with van der Waals surface area (Å²) < 4.78 is 84.1. The lowest BCUT2D eigenvalue weighted by Crippen LogP contribution is -1.98. The Hall–Kier alpha value is -4.13. The maximum absolute atomic E-state index is 15.2. The van der Waals surface area contributed by atoms with Crippen molar-refractivity contribution in [3.63, 3.8) is 0 Å². The molecule has 0 saturated carbocycles. The van der Waals surface area contributed by atoms with Gasteiger partial charge < -0.3 is 9.47 Å². The zero-order chi connectivity index (χ0) is 24.9. The van der Waals surface area contributed by atoms with E-state index in [-0.39, 0.29) is 32.9 Å². The van der Waals surface area contributed by atoms with E-state index < -0.39 is 34.6 Å². The lowest BCUT2D eigenvalue weighted by molar-refractivity contribution is 0.407. The second-order valence-corrected chi connectivity index (χ2v) is 7.95. The van der Waals surface area contributed by atoms with Gasteiger partial charge >= 0.3 is 0 Å². The van der Waals surface area contributed by atoms with Crippen LogP contribution in [0.4, 0.5) is 22.0 Å². The summed E-state index contributed by atoms with van der Waals surface area (Å²) in [5, 5.41) is 0.769. The number of fused-ring (bicyclic) bond motifs is 2. The van der Waals surface area contributed by atoms with Crippen molar-refractivity contribution in [3.8, 4) is 33.8 Å². The van der Waals surface area contributed by atoms with E-state index in [4.69, 9.17) is 9.47 Å². The number of hydrogen-bond donors (Lipinski definition) is 0. The van der Waals surface area contributed by atoms with Crippen LogP contribution in [-0.2, 0) is 0 Å². The largest absolute Gasteiger partial charge is 0.497 e. The van der Waals surface area contributed by atoms with Crippen molar-refractivity contribution in [2.24, 2.45) is 0 Å². The van der Waals surface area contributed by atoms with E-state index in [1.165, 1.54) is 26.4 Å². The van der Waals surface area contributed by atoms with Crippen molar-refractivity contribution in [1.82, 2.24) is 0 Å². The highest BCUT2D eigenvalue weighted by Gasteiger charge is 2.24. The molecule has 5 aromatic rings. The Balaban J connectivity index is 2.01. The zero-order valence-corrected chi connectivity index (χ0v) is 18.6. The van der Waals surface area contributed by atoms with Crippen LogP contribution < -0.4 is 9.47 Å². The van der Waals surface area contributed by atoms with Gasteiger partial charge in [0.2, 0.25) is 0 Å². The quantitative estimate of drug-likeness (QED) is 0.191. The average Bonchev–Trinajstić information content (AvgIpc) is 2.84. The summed E-state index contributed by atoms with van der Waals surface area (Å²) in [7, 11) is 2.77. The van der Waals surface area contributed by atoms with Gasteiger partial charge in [0, 0.05) is 17.7 Å². The highest BCUT2D eigenvalue weighted by molar-refractivity contribution is 6.21. The third kappa shape index (κ3) is 3.73. The predicted molar refractivity (Wildman–Crippen MR) is 125 cm³/mol. The normalized spacial score (nSPS) is 11.3. The van der Waals surface area contributed by atoms with Crippen LogP contribution in [0.2, 0.25) is 0 Å². The van der Waals surface area contributed by atoms with Crippen molar-refractivity contribution in [3.05, 3.63) is 95.8 Å². The van der Waals surface area contributed by atoms with Crippen molar-refractivity contribution in [2.75, 3.05) is 14.2 Å². The predicted octanol–water partition coefficient (Wildman–Crippen LogP) is 8.04. The molecule has 0 saturated heterocycles. The molecule has 35 heavy (non-hydrogen) atoms. The molecule has 5 aromatic carbocycles. The van der Waals surface area contributed by atoms with Crippen molar-refractivity contribution < 1.29 is 31.4 Å². The molecule has 0 N–H and O–H groups in total. The maximum atomic E-state index is 15.2. The number of benzene rings is 5. The van der Waals surface area contributed by atoms with Crippen LogP contribution >= 0.6 is 0 Å². The van der Waals surface area contributed by atoms with E-state index >= 15 is 8.78 Å². The molecule has 0 aliphatic rings. The molecule has 0 aliphatic carbocycles. The van der Waals surface area contributed by atoms with Crippen molar-refractivity contribution in [1.29, 1.82) is 0 Å². The van der Waals surface area contributed by atoms with E-state index in [0.29, 0.717) is 16.9 Å².